The number of amides is 1. The molecule has 0 spiro atoms. The van der Waals surface area contributed by atoms with E-state index in [2.05, 4.69) is 31.4 Å². The van der Waals surface area contributed by atoms with Crippen molar-refractivity contribution >= 4 is 17.8 Å². The summed E-state index contributed by atoms with van der Waals surface area (Å²) in [6, 6.07) is -1.60. The summed E-state index contributed by atoms with van der Waals surface area (Å²) in [7, 11) is 1.30. The molecule has 3 N–H and O–H groups in total. The van der Waals surface area contributed by atoms with Crippen LogP contribution < -0.4 is 10.6 Å². The van der Waals surface area contributed by atoms with Gasteiger partial charge < -0.3 is 20.5 Å². The van der Waals surface area contributed by atoms with Gasteiger partial charge in [-0.2, -0.15) is 0 Å². The third-order valence-electron chi connectivity index (χ3n) is 5.06. The molecule has 1 aliphatic carbocycles. The topological polar surface area (TPSA) is 105 Å². The van der Waals surface area contributed by atoms with E-state index in [0.29, 0.717) is 18.9 Å². The second kappa shape index (κ2) is 11.3. The molecule has 0 heterocycles. The van der Waals surface area contributed by atoms with Crippen LogP contribution in [-0.2, 0) is 19.1 Å². The Bertz CT molecular complexity index is 495. The summed E-state index contributed by atoms with van der Waals surface area (Å²) in [6.07, 6.45) is 6.61. The second-order valence-electron chi connectivity index (χ2n) is 8.74. The molecule has 1 rings (SSSR count). The summed E-state index contributed by atoms with van der Waals surface area (Å²) in [6.45, 7) is 6.77. The number of rotatable bonds is 10. The van der Waals surface area contributed by atoms with E-state index < -0.39 is 29.9 Å². The Kier molecular flexibility index (Phi) is 9.77. The highest BCUT2D eigenvalue weighted by Gasteiger charge is 2.30. The third kappa shape index (κ3) is 9.75. The van der Waals surface area contributed by atoms with Gasteiger partial charge in [0.05, 0.1) is 19.6 Å². The van der Waals surface area contributed by atoms with Crippen LogP contribution in [0.5, 0.6) is 0 Å². The normalized spacial score (nSPS) is 17.8. The SMILES string of the molecule is COC(=O)[C@H](CC1CCCCC1)NC(=O)[C@H](CC(=O)O)NCCC(C)(C)C. The molecule has 0 aliphatic heterocycles. The van der Waals surface area contributed by atoms with Crippen molar-refractivity contribution in [2.24, 2.45) is 11.3 Å². The van der Waals surface area contributed by atoms with Crippen molar-refractivity contribution < 1.29 is 24.2 Å². The number of hydrogen-bond acceptors (Lipinski definition) is 5. The maximum absolute atomic E-state index is 12.7. The summed E-state index contributed by atoms with van der Waals surface area (Å²) in [5.41, 5.74) is 0.0762. The van der Waals surface area contributed by atoms with Gasteiger partial charge in [0.15, 0.2) is 0 Å². The van der Waals surface area contributed by atoms with Crippen molar-refractivity contribution in [3.63, 3.8) is 0 Å². The number of carbonyl (C=O) groups excluding carboxylic acids is 2. The molecule has 0 unspecified atom stereocenters. The molecule has 1 fully saturated rings. The number of methoxy groups -OCH3 is 1. The average molecular weight is 385 g/mol. The molecular weight excluding hydrogens is 348 g/mol. The summed E-state index contributed by atoms with van der Waals surface area (Å²) < 4.78 is 4.85. The number of carboxylic acids is 1. The summed E-state index contributed by atoms with van der Waals surface area (Å²) in [5.74, 6) is -1.61. The Hall–Kier alpha value is -1.63. The van der Waals surface area contributed by atoms with Crippen LogP contribution in [0, 0.1) is 11.3 Å². The van der Waals surface area contributed by atoms with Crippen LogP contribution in [0.25, 0.3) is 0 Å². The van der Waals surface area contributed by atoms with Gasteiger partial charge in [-0.15, -0.1) is 0 Å². The maximum Gasteiger partial charge on any atom is 0.328 e. The zero-order chi connectivity index (χ0) is 20.4. The fourth-order valence-corrected chi connectivity index (χ4v) is 3.44. The molecular formula is C20H36N2O5. The minimum Gasteiger partial charge on any atom is -0.481 e. The smallest absolute Gasteiger partial charge is 0.328 e. The molecule has 0 aromatic heterocycles. The van der Waals surface area contributed by atoms with Gasteiger partial charge in [-0.3, -0.25) is 9.59 Å². The highest BCUT2D eigenvalue weighted by Crippen LogP contribution is 2.27. The van der Waals surface area contributed by atoms with Gasteiger partial charge in [-0.1, -0.05) is 52.9 Å². The summed E-state index contributed by atoms with van der Waals surface area (Å²) in [4.78, 5) is 36.0. The van der Waals surface area contributed by atoms with Gasteiger partial charge in [0.25, 0.3) is 0 Å². The van der Waals surface area contributed by atoms with Gasteiger partial charge in [0.1, 0.15) is 6.04 Å². The van der Waals surface area contributed by atoms with E-state index >= 15 is 0 Å². The Morgan fingerprint density at radius 2 is 1.74 bits per heavy atom. The first kappa shape index (κ1) is 23.4. The number of aliphatic carboxylic acids is 1. The molecule has 0 aromatic rings. The van der Waals surface area contributed by atoms with Crippen molar-refractivity contribution in [1.29, 1.82) is 0 Å². The van der Waals surface area contributed by atoms with E-state index in [1.165, 1.54) is 13.5 Å². The van der Waals surface area contributed by atoms with E-state index in [1.54, 1.807) is 0 Å². The molecule has 0 aromatic carbocycles. The zero-order valence-electron chi connectivity index (χ0n) is 17.2. The number of hydrogen-bond donors (Lipinski definition) is 3. The van der Waals surface area contributed by atoms with Crippen molar-refractivity contribution in [2.75, 3.05) is 13.7 Å². The predicted molar refractivity (Wildman–Crippen MR) is 103 cm³/mol. The van der Waals surface area contributed by atoms with Crippen LogP contribution >= 0.6 is 0 Å². The van der Waals surface area contributed by atoms with Crippen LogP contribution in [0.4, 0.5) is 0 Å². The lowest BCUT2D eigenvalue weighted by Gasteiger charge is -2.27. The van der Waals surface area contributed by atoms with Gasteiger partial charge in [0.2, 0.25) is 5.91 Å². The molecule has 0 saturated heterocycles. The van der Waals surface area contributed by atoms with E-state index in [4.69, 9.17) is 9.84 Å². The van der Waals surface area contributed by atoms with Gasteiger partial charge in [0, 0.05) is 0 Å². The lowest BCUT2D eigenvalue weighted by molar-refractivity contribution is -0.146. The van der Waals surface area contributed by atoms with Gasteiger partial charge in [-0.25, -0.2) is 4.79 Å². The van der Waals surface area contributed by atoms with Crippen LogP contribution in [0.1, 0.15) is 72.1 Å². The van der Waals surface area contributed by atoms with Crippen molar-refractivity contribution in [2.45, 2.75) is 84.2 Å². The van der Waals surface area contributed by atoms with Crippen molar-refractivity contribution in [3.05, 3.63) is 0 Å². The van der Waals surface area contributed by atoms with Gasteiger partial charge in [-0.05, 0) is 30.7 Å². The van der Waals surface area contributed by atoms with Crippen molar-refractivity contribution in [3.8, 4) is 0 Å². The molecule has 27 heavy (non-hydrogen) atoms. The zero-order valence-corrected chi connectivity index (χ0v) is 17.2. The molecule has 1 saturated carbocycles. The highest BCUT2D eigenvalue weighted by atomic mass is 16.5. The summed E-state index contributed by atoms with van der Waals surface area (Å²) >= 11 is 0. The van der Waals surface area contributed by atoms with Crippen LogP contribution in [0.15, 0.2) is 0 Å². The van der Waals surface area contributed by atoms with E-state index in [0.717, 1.165) is 32.1 Å². The quantitative estimate of drug-likeness (QED) is 0.500. The molecule has 1 amide bonds. The third-order valence-corrected chi connectivity index (χ3v) is 5.06. The lowest BCUT2D eigenvalue weighted by Crippen LogP contribution is -2.52. The Morgan fingerprint density at radius 1 is 1.11 bits per heavy atom. The fourth-order valence-electron chi connectivity index (χ4n) is 3.44. The van der Waals surface area contributed by atoms with E-state index in [9.17, 15) is 14.4 Å². The highest BCUT2D eigenvalue weighted by molar-refractivity contribution is 5.89. The van der Waals surface area contributed by atoms with E-state index in [1.807, 2.05) is 0 Å². The number of carbonyl (C=O) groups is 3. The largest absolute Gasteiger partial charge is 0.481 e. The monoisotopic (exact) mass is 384 g/mol. The van der Waals surface area contributed by atoms with Crippen molar-refractivity contribution in [1.82, 2.24) is 10.6 Å². The molecule has 7 heteroatoms. The minimum atomic E-state index is -1.06. The first-order valence-corrected chi connectivity index (χ1v) is 9.95. The Morgan fingerprint density at radius 3 is 2.26 bits per heavy atom. The second-order valence-corrected chi connectivity index (χ2v) is 8.74. The predicted octanol–water partition coefficient (Wildman–Crippen LogP) is 2.48. The van der Waals surface area contributed by atoms with Crippen LogP contribution in [0.2, 0.25) is 0 Å². The molecule has 0 radical (unpaired) electrons. The molecule has 156 valence electrons. The van der Waals surface area contributed by atoms with Gasteiger partial charge >= 0.3 is 11.9 Å². The molecule has 7 nitrogen and oxygen atoms in total. The van der Waals surface area contributed by atoms with Crippen LogP contribution in [-0.4, -0.2) is 48.7 Å². The molecule has 2 atom stereocenters. The molecule has 0 bridgehead atoms. The fraction of sp³-hybridized carbons (Fsp3) is 0.850. The first-order chi connectivity index (χ1) is 12.6. The number of ether oxygens (including phenoxy) is 1. The number of carboxylic acid groups (broad SMARTS) is 1. The van der Waals surface area contributed by atoms with Crippen LogP contribution in [0.3, 0.4) is 0 Å². The minimum absolute atomic E-state index is 0.0762. The molecule has 1 aliphatic rings. The lowest BCUT2D eigenvalue weighted by atomic mass is 9.84. The maximum atomic E-state index is 12.7. The van der Waals surface area contributed by atoms with E-state index in [-0.39, 0.29) is 11.8 Å². The Balaban J connectivity index is 2.70. The Labute approximate surface area is 162 Å². The first-order valence-electron chi connectivity index (χ1n) is 9.95. The summed E-state index contributed by atoms with van der Waals surface area (Å²) in [5, 5.41) is 14.9. The average Bonchev–Trinajstić information content (AvgIpc) is 2.59. The standard InChI is InChI=1S/C20H36N2O5/c1-20(2,3)10-11-21-15(13-17(23)24)18(25)22-16(19(26)27-4)12-14-8-6-5-7-9-14/h14-16,21H,5-13H2,1-4H3,(H,22,25)(H,23,24)/t15-,16-/m0/s1. The number of nitrogens with one attached hydrogen (secondary N) is 2. The number of esters is 1.